The summed E-state index contributed by atoms with van der Waals surface area (Å²) in [5.41, 5.74) is 0.270. The van der Waals surface area contributed by atoms with Crippen LogP contribution in [0.4, 0.5) is 0 Å². The molecule has 0 aromatic heterocycles. The highest BCUT2D eigenvalue weighted by Gasteiger charge is 2.16. The van der Waals surface area contributed by atoms with Gasteiger partial charge < -0.3 is 10.1 Å². The number of hydrogen-bond acceptors (Lipinski definition) is 2. The van der Waals surface area contributed by atoms with E-state index in [1.54, 1.807) is 0 Å². The summed E-state index contributed by atoms with van der Waals surface area (Å²) in [5, 5.41) is 3.32. The molecule has 0 saturated heterocycles. The first-order valence-corrected chi connectivity index (χ1v) is 4.41. The Labute approximate surface area is 70.3 Å². The summed E-state index contributed by atoms with van der Waals surface area (Å²) in [6, 6.07) is 0. The smallest absolute Gasteiger partial charge is 0.0529 e. The van der Waals surface area contributed by atoms with Crippen molar-refractivity contribution >= 4 is 0 Å². The number of nitrogens with one attached hydrogen (secondary N) is 1. The van der Waals surface area contributed by atoms with Crippen LogP contribution in [0.5, 0.6) is 0 Å². The Kier molecular flexibility index (Phi) is 5.51. The molecule has 68 valence electrons. The number of hydrogen-bond donors (Lipinski definition) is 1. The van der Waals surface area contributed by atoms with E-state index in [1.165, 1.54) is 0 Å². The van der Waals surface area contributed by atoms with Crippen LogP contribution >= 0.6 is 0 Å². The molecule has 0 unspecified atom stereocenters. The van der Waals surface area contributed by atoms with E-state index >= 15 is 0 Å². The first-order valence-electron chi connectivity index (χ1n) is 4.41. The normalized spacial score (nSPS) is 12.0. The monoisotopic (exact) mass is 159 g/mol. The molecule has 0 aliphatic rings. The van der Waals surface area contributed by atoms with Gasteiger partial charge in [0.2, 0.25) is 0 Å². The largest absolute Gasteiger partial charge is 0.381 e. The van der Waals surface area contributed by atoms with Gasteiger partial charge in [0.25, 0.3) is 0 Å². The predicted octanol–water partition coefficient (Wildman–Crippen LogP) is 1.66. The third-order valence-electron chi connectivity index (χ3n) is 1.55. The molecule has 11 heavy (non-hydrogen) atoms. The van der Waals surface area contributed by atoms with Crippen molar-refractivity contribution in [3.8, 4) is 0 Å². The van der Waals surface area contributed by atoms with E-state index in [0.717, 1.165) is 26.3 Å². The maximum atomic E-state index is 5.36. The molecule has 0 saturated carbocycles. The van der Waals surface area contributed by atoms with E-state index in [4.69, 9.17) is 4.74 Å². The average molecular weight is 159 g/mol. The molecule has 0 spiro atoms. The van der Waals surface area contributed by atoms with Crippen molar-refractivity contribution in [3.05, 3.63) is 0 Å². The highest BCUT2D eigenvalue weighted by atomic mass is 16.5. The minimum Gasteiger partial charge on any atom is -0.381 e. The molecule has 0 aliphatic carbocycles. The SMILES string of the molecule is CCNCC(C)(C)COCC. The molecule has 0 amide bonds. The minimum atomic E-state index is 0.270. The highest BCUT2D eigenvalue weighted by molar-refractivity contribution is 4.70. The first kappa shape index (κ1) is 10.9. The van der Waals surface area contributed by atoms with Gasteiger partial charge in [0, 0.05) is 18.6 Å². The molecular weight excluding hydrogens is 138 g/mol. The Bertz CT molecular complexity index is 81.6. The fraction of sp³-hybridized carbons (Fsp3) is 1.00. The summed E-state index contributed by atoms with van der Waals surface area (Å²) in [5.74, 6) is 0. The van der Waals surface area contributed by atoms with Crippen LogP contribution in [0.2, 0.25) is 0 Å². The van der Waals surface area contributed by atoms with Crippen LogP contribution in [0.3, 0.4) is 0 Å². The third kappa shape index (κ3) is 6.32. The first-order chi connectivity index (χ1) is 5.12. The van der Waals surface area contributed by atoms with Gasteiger partial charge in [-0.15, -0.1) is 0 Å². The van der Waals surface area contributed by atoms with Gasteiger partial charge in [0.05, 0.1) is 6.61 Å². The molecule has 0 aliphatic heterocycles. The van der Waals surface area contributed by atoms with E-state index in [-0.39, 0.29) is 5.41 Å². The van der Waals surface area contributed by atoms with Crippen LogP contribution in [0, 0.1) is 5.41 Å². The topological polar surface area (TPSA) is 21.3 Å². The maximum absolute atomic E-state index is 5.36. The molecule has 0 fully saturated rings. The van der Waals surface area contributed by atoms with Crippen LogP contribution < -0.4 is 5.32 Å². The second kappa shape index (κ2) is 5.56. The van der Waals surface area contributed by atoms with E-state index in [9.17, 15) is 0 Å². The van der Waals surface area contributed by atoms with Gasteiger partial charge in [-0.2, -0.15) is 0 Å². The van der Waals surface area contributed by atoms with Crippen LogP contribution in [-0.4, -0.2) is 26.3 Å². The third-order valence-corrected chi connectivity index (χ3v) is 1.55. The summed E-state index contributed by atoms with van der Waals surface area (Å²) >= 11 is 0. The standard InChI is InChI=1S/C9H21NO/c1-5-10-7-9(3,4)8-11-6-2/h10H,5-8H2,1-4H3. The van der Waals surface area contributed by atoms with E-state index in [1.807, 2.05) is 6.92 Å². The van der Waals surface area contributed by atoms with Gasteiger partial charge in [-0.3, -0.25) is 0 Å². The van der Waals surface area contributed by atoms with Gasteiger partial charge >= 0.3 is 0 Å². The number of ether oxygens (including phenoxy) is 1. The zero-order valence-corrected chi connectivity index (χ0v) is 8.24. The van der Waals surface area contributed by atoms with Crippen LogP contribution in [0.1, 0.15) is 27.7 Å². The molecule has 0 radical (unpaired) electrons. The molecule has 0 bridgehead atoms. The molecule has 0 aromatic carbocycles. The zero-order chi connectivity index (χ0) is 8.74. The Hall–Kier alpha value is -0.0800. The van der Waals surface area contributed by atoms with Crippen molar-refractivity contribution in [1.29, 1.82) is 0 Å². The van der Waals surface area contributed by atoms with E-state index in [2.05, 4.69) is 26.1 Å². The molecule has 2 nitrogen and oxygen atoms in total. The summed E-state index contributed by atoms with van der Waals surface area (Å²) in [4.78, 5) is 0. The van der Waals surface area contributed by atoms with Crippen LogP contribution in [-0.2, 0) is 4.74 Å². The lowest BCUT2D eigenvalue weighted by atomic mass is 9.95. The molecule has 2 heteroatoms. The highest BCUT2D eigenvalue weighted by Crippen LogP contribution is 2.13. The molecule has 0 rings (SSSR count). The van der Waals surface area contributed by atoms with Crippen molar-refractivity contribution < 1.29 is 4.74 Å². The van der Waals surface area contributed by atoms with Crippen molar-refractivity contribution in [2.75, 3.05) is 26.3 Å². The van der Waals surface area contributed by atoms with Crippen molar-refractivity contribution in [3.63, 3.8) is 0 Å². The zero-order valence-electron chi connectivity index (χ0n) is 8.24. The molecule has 1 N–H and O–H groups in total. The van der Waals surface area contributed by atoms with Crippen LogP contribution in [0.15, 0.2) is 0 Å². The second-order valence-electron chi connectivity index (χ2n) is 3.58. The predicted molar refractivity (Wildman–Crippen MR) is 48.8 cm³/mol. The number of rotatable bonds is 6. The Morgan fingerprint density at radius 3 is 2.36 bits per heavy atom. The average Bonchev–Trinajstić information content (AvgIpc) is 1.97. The van der Waals surface area contributed by atoms with Gasteiger partial charge in [0.1, 0.15) is 0 Å². The molecule has 0 aromatic rings. The van der Waals surface area contributed by atoms with Crippen molar-refractivity contribution in [1.82, 2.24) is 5.32 Å². The Morgan fingerprint density at radius 1 is 1.27 bits per heavy atom. The fourth-order valence-corrected chi connectivity index (χ4v) is 0.893. The molecule has 0 atom stereocenters. The summed E-state index contributed by atoms with van der Waals surface area (Å²) in [7, 11) is 0. The lowest BCUT2D eigenvalue weighted by Gasteiger charge is -2.24. The Balaban J connectivity index is 3.43. The summed E-state index contributed by atoms with van der Waals surface area (Å²) in [6.07, 6.45) is 0. The van der Waals surface area contributed by atoms with Crippen molar-refractivity contribution in [2.24, 2.45) is 5.41 Å². The molecular formula is C9H21NO. The van der Waals surface area contributed by atoms with E-state index < -0.39 is 0 Å². The van der Waals surface area contributed by atoms with Crippen LogP contribution in [0.25, 0.3) is 0 Å². The second-order valence-corrected chi connectivity index (χ2v) is 3.58. The van der Waals surface area contributed by atoms with E-state index in [0.29, 0.717) is 0 Å². The molecule has 0 heterocycles. The maximum Gasteiger partial charge on any atom is 0.0529 e. The lowest BCUT2D eigenvalue weighted by molar-refractivity contribution is 0.0709. The van der Waals surface area contributed by atoms with Gasteiger partial charge in [-0.1, -0.05) is 20.8 Å². The lowest BCUT2D eigenvalue weighted by Crippen LogP contribution is -2.33. The van der Waals surface area contributed by atoms with Gasteiger partial charge in [-0.25, -0.2) is 0 Å². The summed E-state index contributed by atoms with van der Waals surface area (Å²) < 4.78 is 5.36. The van der Waals surface area contributed by atoms with Gasteiger partial charge in [0.15, 0.2) is 0 Å². The van der Waals surface area contributed by atoms with Crippen molar-refractivity contribution in [2.45, 2.75) is 27.7 Å². The minimum absolute atomic E-state index is 0.270. The quantitative estimate of drug-likeness (QED) is 0.636. The fourth-order valence-electron chi connectivity index (χ4n) is 0.893. The summed E-state index contributed by atoms with van der Waals surface area (Å²) in [6.45, 7) is 12.3. The Morgan fingerprint density at radius 2 is 1.91 bits per heavy atom. The van der Waals surface area contributed by atoms with Gasteiger partial charge in [-0.05, 0) is 13.5 Å².